The molecule has 1 aliphatic heterocycles. The number of hydrogen-bond donors (Lipinski definition) is 5. The quantitative estimate of drug-likeness (QED) is 0.258. The standard InChI is InChI=1S/C26H44N8O/c1-20-17-25(32-22-10-15-28-16-11-22)33-26(31-20)30-19-23-18-24(35-34-23)9-5-12-27-13-6-14-29-21-7-3-2-4-8-21/h17-18,21-22,27-29H,2-16,19H2,1H3,(H2,30,31,32,33). The van der Waals surface area contributed by atoms with Crippen molar-refractivity contribution in [3.05, 3.63) is 29.3 Å². The lowest BCUT2D eigenvalue weighted by molar-refractivity contribution is 0.369. The van der Waals surface area contributed by atoms with Crippen LogP contribution in [0.5, 0.6) is 0 Å². The minimum Gasteiger partial charge on any atom is -0.367 e. The van der Waals surface area contributed by atoms with E-state index in [9.17, 15) is 0 Å². The van der Waals surface area contributed by atoms with Gasteiger partial charge in [0.2, 0.25) is 5.95 Å². The summed E-state index contributed by atoms with van der Waals surface area (Å²) in [6.07, 6.45) is 12.3. The second kappa shape index (κ2) is 14.4. The fraction of sp³-hybridized carbons (Fsp3) is 0.731. The van der Waals surface area contributed by atoms with Crippen molar-refractivity contribution in [2.45, 2.75) is 89.8 Å². The molecule has 0 unspecified atom stereocenters. The number of nitrogens with one attached hydrogen (secondary N) is 5. The van der Waals surface area contributed by atoms with Crippen LogP contribution in [0.3, 0.4) is 0 Å². The Hall–Kier alpha value is -2.23. The second-order valence-corrected chi connectivity index (χ2v) is 10.0. The predicted octanol–water partition coefficient (Wildman–Crippen LogP) is 3.38. The van der Waals surface area contributed by atoms with Crippen molar-refractivity contribution in [1.29, 1.82) is 0 Å². The number of aromatic nitrogens is 3. The molecule has 3 heterocycles. The van der Waals surface area contributed by atoms with Crippen LogP contribution in [-0.2, 0) is 13.0 Å². The van der Waals surface area contributed by atoms with E-state index in [-0.39, 0.29) is 0 Å². The molecule has 1 saturated carbocycles. The molecule has 0 aromatic carbocycles. The van der Waals surface area contributed by atoms with Crippen molar-refractivity contribution in [2.24, 2.45) is 0 Å². The van der Waals surface area contributed by atoms with E-state index in [1.807, 2.05) is 19.1 Å². The summed E-state index contributed by atoms with van der Waals surface area (Å²) in [5.74, 6) is 2.43. The van der Waals surface area contributed by atoms with E-state index in [4.69, 9.17) is 4.52 Å². The fourth-order valence-corrected chi connectivity index (χ4v) is 4.96. The van der Waals surface area contributed by atoms with Gasteiger partial charge >= 0.3 is 0 Å². The van der Waals surface area contributed by atoms with Crippen LogP contribution in [0.2, 0.25) is 0 Å². The maximum absolute atomic E-state index is 5.53. The molecule has 2 aromatic rings. The monoisotopic (exact) mass is 484 g/mol. The first kappa shape index (κ1) is 25.9. The summed E-state index contributed by atoms with van der Waals surface area (Å²) in [6.45, 7) is 7.83. The summed E-state index contributed by atoms with van der Waals surface area (Å²) in [4.78, 5) is 9.16. The van der Waals surface area contributed by atoms with Gasteiger partial charge in [-0.2, -0.15) is 4.98 Å². The second-order valence-electron chi connectivity index (χ2n) is 10.0. The Bertz CT molecular complexity index is 861. The molecule has 0 atom stereocenters. The molecule has 5 N–H and O–H groups in total. The summed E-state index contributed by atoms with van der Waals surface area (Å²) in [6, 6.07) is 5.26. The lowest BCUT2D eigenvalue weighted by atomic mass is 9.95. The average Bonchev–Trinajstić information content (AvgIpc) is 3.33. The molecular weight excluding hydrogens is 440 g/mol. The highest BCUT2D eigenvalue weighted by molar-refractivity contribution is 5.43. The van der Waals surface area contributed by atoms with Crippen molar-refractivity contribution >= 4 is 11.8 Å². The van der Waals surface area contributed by atoms with E-state index in [0.717, 1.165) is 87.4 Å². The third kappa shape index (κ3) is 9.39. The lowest BCUT2D eigenvalue weighted by Gasteiger charge is -2.24. The first-order valence-electron chi connectivity index (χ1n) is 13.7. The van der Waals surface area contributed by atoms with Gasteiger partial charge in [0.05, 0.1) is 6.54 Å². The van der Waals surface area contributed by atoms with E-state index < -0.39 is 0 Å². The zero-order chi connectivity index (χ0) is 24.1. The van der Waals surface area contributed by atoms with Crippen LogP contribution in [-0.4, -0.2) is 59.9 Å². The lowest BCUT2D eigenvalue weighted by Crippen LogP contribution is -2.35. The van der Waals surface area contributed by atoms with Crippen LogP contribution in [0.4, 0.5) is 11.8 Å². The van der Waals surface area contributed by atoms with Crippen molar-refractivity contribution < 1.29 is 4.52 Å². The van der Waals surface area contributed by atoms with Crippen LogP contribution >= 0.6 is 0 Å². The van der Waals surface area contributed by atoms with Gasteiger partial charge in [0.25, 0.3) is 0 Å². The molecule has 35 heavy (non-hydrogen) atoms. The van der Waals surface area contributed by atoms with Crippen molar-refractivity contribution in [3.8, 4) is 0 Å². The number of aryl methyl sites for hydroxylation is 2. The van der Waals surface area contributed by atoms with Gasteiger partial charge in [-0.15, -0.1) is 0 Å². The summed E-state index contributed by atoms with van der Waals surface area (Å²) in [5.41, 5.74) is 1.82. The van der Waals surface area contributed by atoms with E-state index >= 15 is 0 Å². The molecule has 194 valence electrons. The topological polar surface area (TPSA) is 112 Å². The Morgan fingerprint density at radius 1 is 0.943 bits per heavy atom. The number of hydrogen-bond acceptors (Lipinski definition) is 9. The van der Waals surface area contributed by atoms with Gasteiger partial charge in [0.15, 0.2) is 0 Å². The van der Waals surface area contributed by atoms with Crippen LogP contribution in [0.25, 0.3) is 0 Å². The predicted molar refractivity (Wildman–Crippen MR) is 141 cm³/mol. The van der Waals surface area contributed by atoms with E-state index in [1.165, 1.54) is 38.5 Å². The van der Waals surface area contributed by atoms with Gasteiger partial charge in [0.1, 0.15) is 17.3 Å². The van der Waals surface area contributed by atoms with Gasteiger partial charge in [-0.1, -0.05) is 24.4 Å². The third-order valence-corrected chi connectivity index (χ3v) is 6.93. The largest absolute Gasteiger partial charge is 0.367 e. The molecule has 0 amide bonds. The van der Waals surface area contributed by atoms with Crippen LogP contribution in [0, 0.1) is 6.92 Å². The highest BCUT2D eigenvalue weighted by Crippen LogP contribution is 2.17. The van der Waals surface area contributed by atoms with Gasteiger partial charge in [0, 0.05) is 36.3 Å². The molecule has 1 aliphatic carbocycles. The molecule has 2 fully saturated rings. The Labute approximate surface area is 210 Å². The smallest absolute Gasteiger partial charge is 0.225 e. The Morgan fingerprint density at radius 3 is 2.63 bits per heavy atom. The van der Waals surface area contributed by atoms with E-state index in [1.54, 1.807) is 0 Å². The molecule has 1 saturated heterocycles. The van der Waals surface area contributed by atoms with Crippen molar-refractivity contribution in [1.82, 2.24) is 31.1 Å². The highest BCUT2D eigenvalue weighted by Gasteiger charge is 2.14. The Kier molecular flexibility index (Phi) is 10.6. The van der Waals surface area contributed by atoms with E-state index in [2.05, 4.69) is 41.7 Å². The van der Waals surface area contributed by atoms with Gasteiger partial charge in [-0.25, -0.2) is 4.98 Å². The Morgan fingerprint density at radius 2 is 1.77 bits per heavy atom. The van der Waals surface area contributed by atoms with Crippen LogP contribution < -0.4 is 26.6 Å². The molecule has 4 rings (SSSR count). The maximum atomic E-state index is 5.53. The van der Waals surface area contributed by atoms with Gasteiger partial charge < -0.3 is 31.1 Å². The number of nitrogens with zero attached hydrogens (tertiary/aromatic N) is 3. The highest BCUT2D eigenvalue weighted by atomic mass is 16.5. The summed E-state index contributed by atoms with van der Waals surface area (Å²) < 4.78 is 5.53. The van der Waals surface area contributed by atoms with Crippen molar-refractivity contribution in [3.63, 3.8) is 0 Å². The minimum atomic E-state index is 0.462. The normalized spacial score (nSPS) is 17.5. The fourth-order valence-electron chi connectivity index (χ4n) is 4.96. The zero-order valence-corrected chi connectivity index (χ0v) is 21.4. The number of piperidine rings is 1. The van der Waals surface area contributed by atoms with Crippen LogP contribution in [0.15, 0.2) is 16.7 Å². The van der Waals surface area contributed by atoms with Crippen molar-refractivity contribution in [2.75, 3.05) is 43.4 Å². The van der Waals surface area contributed by atoms with E-state index in [0.29, 0.717) is 18.5 Å². The van der Waals surface area contributed by atoms with Crippen LogP contribution in [0.1, 0.15) is 74.9 Å². The molecular formula is C26H44N8O. The number of rotatable bonds is 14. The summed E-state index contributed by atoms with van der Waals surface area (Å²) in [7, 11) is 0. The Balaban J connectivity index is 1.09. The number of anilines is 2. The van der Waals surface area contributed by atoms with Gasteiger partial charge in [-0.05, 0) is 78.2 Å². The molecule has 9 heteroatoms. The van der Waals surface area contributed by atoms with Gasteiger partial charge in [-0.3, -0.25) is 0 Å². The first-order valence-corrected chi connectivity index (χ1v) is 13.7. The molecule has 0 spiro atoms. The zero-order valence-electron chi connectivity index (χ0n) is 21.4. The molecule has 0 bridgehead atoms. The molecule has 2 aliphatic rings. The average molecular weight is 485 g/mol. The SMILES string of the molecule is Cc1cc(NC2CCNCC2)nc(NCc2cc(CCCNCCCNC3CCCCC3)on2)n1. The summed E-state index contributed by atoms with van der Waals surface area (Å²) >= 11 is 0. The molecule has 9 nitrogen and oxygen atoms in total. The minimum absolute atomic E-state index is 0.462. The molecule has 0 radical (unpaired) electrons. The first-order chi connectivity index (χ1) is 17.2. The summed E-state index contributed by atoms with van der Waals surface area (Å²) in [5, 5.41) is 21.7. The maximum Gasteiger partial charge on any atom is 0.225 e. The third-order valence-electron chi connectivity index (χ3n) is 6.93. The molecule has 2 aromatic heterocycles.